The van der Waals surface area contributed by atoms with Crippen LogP contribution < -0.4 is 14.8 Å². The first kappa shape index (κ1) is 22.0. The number of amides is 1. The molecule has 0 aromatic heterocycles. The average molecular weight is 403 g/mol. The molecule has 8 nitrogen and oxygen atoms in total. The Hall–Kier alpha value is -3.26. The third-order valence-corrected chi connectivity index (χ3v) is 3.62. The molecule has 2 aromatic carbocycles. The van der Waals surface area contributed by atoms with Crippen LogP contribution in [-0.4, -0.2) is 43.6 Å². The molecule has 0 aliphatic carbocycles. The van der Waals surface area contributed by atoms with Gasteiger partial charge in [0, 0.05) is 11.8 Å². The summed E-state index contributed by atoms with van der Waals surface area (Å²) >= 11 is 0. The molecule has 1 amide bonds. The van der Waals surface area contributed by atoms with Gasteiger partial charge in [0.1, 0.15) is 24.7 Å². The highest BCUT2D eigenvalue weighted by Gasteiger charge is 2.09. The number of aliphatic hydroxyl groups is 1. The zero-order valence-electron chi connectivity index (χ0n) is 16.5. The van der Waals surface area contributed by atoms with Gasteiger partial charge >= 0.3 is 12.1 Å². The van der Waals surface area contributed by atoms with Gasteiger partial charge in [-0.1, -0.05) is 0 Å². The van der Waals surface area contributed by atoms with Crippen LogP contribution in [0.4, 0.5) is 10.5 Å². The van der Waals surface area contributed by atoms with Crippen LogP contribution in [0.2, 0.25) is 0 Å². The fourth-order valence-corrected chi connectivity index (χ4v) is 2.43. The van der Waals surface area contributed by atoms with Crippen LogP contribution in [0.15, 0.2) is 42.5 Å². The molecule has 156 valence electrons. The molecule has 29 heavy (non-hydrogen) atoms. The number of carbonyl (C=O) groups is 2. The van der Waals surface area contributed by atoms with Crippen LogP contribution >= 0.6 is 0 Å². The molecule has 2 N–H and O–H groups in total. The molecule has 0 aliphatic rings. The lowest BCUT2D eigenvalue weighted by Crippen LogP contribution is -2.14. The molecule has 8 heteroatoms. The maximum atomic E-state index is 12.1. The maximum absolute atomic E-state index is 12.1. The van der Waals surface area contributed by atoms with Gasteiger partial charge in [-0.15, -0.1) is 0 Å². The van der Waals surface area contributed by atoms with E-state index in [0.717, 1.165) is 5.56 Å². The molecule has 0 fully saturated rings. The molecule has 0 atom stereocenters. The fourth-order valence-electron chi connectivity index (χ4n) is 2.43. The standard InChI is InChI=1S/C21H25NO7/c1-3-26-18-11-15(12-19(13-18)27-4-2)14-29-21(25)22-17-7-5-16(6-8-17)20(24)28-10-9-23/h5-8,11-13,23H,3-4,9-10,14H2,1-2H3,(H,22,25). The monoisotopic (exact) mass is 403 g/mol. The summed E-state index contributed by atoms with van der Waals surface area (Å²) in [5.74, 6) is 0.731. The van der Waals surface area contributed by atoms with E-state index in [1.54, 1.807) is 30.3 Å². The zero-order valence-corrected chi connectivity index (χ0v) is 16.5. The van der Waals surface area contributed by atoms with Gasteiger partial charge < -0.3 is 24.1 Å². The van der Waals surface area contributed by atoms with Gasteiger partial charge in [0.05, 0.1) is 25.4 Å². The lowest BCUT2D eigenvalue weighted by atomic mass is 10.2. The number of esters is 1. The second-order valence-electron chi connectivity index (χ2n) is 5.82. The molecule has 0 heterocycles. The number of anilines is 1. The van der Waals surface area contributed by atoms with Crippen LogP contribution in [0.3, 0.4) is 0 Å². The number of hydrogen-bond donors (Lipinski definition) is 2. The lowest BCUT2D eigenvalue weighted by Gasteiger charge is -2.12. The van der Waals surface area contributed by atoms with Crippen LogP contribution in [0.1, 0.15) is 29.8 Å². The quantitative estimate of drug-likeness (QED) is 0.586. The van der Waals surface area contributed by atoms with Crippen molar-refractivity contribution in [2.45, 2.75) is 20.5 Å². The Morgan fingerprint density at radius 3 is 2.10 bits per heavy atom. The van der Waals surface area contributed by atoms with Crippen molar-refractivity contribution >= 4 is 17.7 Å². The Morgan fingerprint density at radius 1 is 0.931 bits per heavy atom. The van der Waals surface area contributed by atoms with Gasteiger partial charge in [-0.3, -0.25) is 5.32 Å². The van der Waals surface area contributed by atoms with Crippen LogP contribution in [0.25, 0.3) is 0 Å². The van der Waals surface area contributed by atoms with E-state index >= 15 is 0 Å². The maximum Gasteiger partial charge on any atom is 0.411 e. The minimum Gasteiger partial charge on any atom is -0.494 e. The summed E-state index contributed by atoms with van der Waals surface area (Å²) in [6.45, 7) is 4.53. The first-order chi connectivity index (χ1) is 14.0. The summed E-state index contributed by atoms with van der Waals surface area (Å²) < 4.78 is 21.1. The summed E-state index contributed by atoms with van der Waals surface area (Å²) in [7, 11) is 0. The summed E-state index contributed by atoms with van der Waals surface area (Å²) in [6.07, 6.45) is -0.639. The first-order valence-electron chi connectivity index (χ1n) is 9.27. The van der Waals surface area contributed by atoms with Crippen molar-refractivity contribution in [1.29, 1.82) is 0 Å². The highest BCUT2D eigenvalue weighted by Crippen LogP contribution is 2.24. The van der Waals surface area contributed by atoms with E-state index in [1.165, 1.54) is 12.1 Å². The van der Waals surface area contributed by atoms with E-state index in [1.807, 2.05) is 13.8 Å². The smallest absolute Gasteiger partial charge is 0.411 e. The molecular formula is C21H25NO7. The van der Waals surface area contributed by atoms with E-state index in [0.29, 0.717) is 36.0 Å². The van der Waals surface area contributed by atoms with E-state index in [9.17, 15) is 9.59 Å². The first-order valence-corrected chi connectivity index (χ1v) is 9.27. The number of hydrogen-bond acceptors (Lipinski definition) is 7. The van der Waals surface area contributed by atoms with Crippen molar-refractivity contribution in [1.82, 2.24) is 0 Å². The largest absolute Gasteiger partial charge is 0.494 e. The Balaban J connectivity index is 1.91. The SMILES string of the molecule is CCOc1cc(COC(=O)Nc2ccc(C(=O)OCCO)cc2)cc(OCC)c1. The zero-order chi connectivity index (χ0) is 21.1. The van der Waals surface area contributed by atoms with E-state index in [-0.39, 0.29) is 19.8 Å². The molecule has 0 saturated carbocycles. The topological polar surface area (TPSA) is 103 Å². The predicted molar refractivity (Wildman–Crippen MR) is 106 cm³/mol. The van der Waals surface area contributed by atoms with Crippen molar-refractivity contribution in [3.63, 3.8) is 0 Å². The number of rotatable bonds is 10. The number of benzene rings is 2. The van der Waals surface area contributed by atoms with Crippen molar-refractivity contribution in [3.8, 4) is 11.5 Å². The Morgan fingerprint density at radius 2 is 1.55 bits per heavy atom. The van der Waals surface area contributed by atoms with E-state index in [2.05, 4.69) is 5.32 Å². The summed E-state index contributed by atoms with van der Waals surface area (Å²) in [5.41, 5.74) is 1.51. The second kappa shape index (κ2) is 11.6. The van der Waals surface area contributed by atoms with Gasteiger partial charge in [0.25, 0.3) is 0 Å². The molecule has 0 aliphatic heterocycles. The second-order valence-corrected chi connectivity index (χ2v) is 5.82. The number of ether oxygens (including phenoxy) is 4. The highest BCUT2D eigenvalue weighted by atomic mass is 16.5. The number of nitrogens with one attached hydrogen (secondary N) is 1. The van der Waals surface area contributed by atoms with Crippen LogP contribution in [-0.2, 0) is 16.1 Å². The highest BCUT2D eigenvalue weighted by molar-refractivity contribution is 5.91. The molecule has 0 unspecified atom stereocenters. The fraction of sp³-hybridized carbons (Fsp3) is 0.333. The lowest BCUT2D eigenvalue weighted by molar-refractivity contribution is 0.0434. The van der Waals surface area contributed by atoms with Crippen molar-refractivity contribution in [2.75, 3.05) is 31.7 Å². The summed E-state index contributed by atoms with van der Waals surface area (Å²) in [6, 6.07) is 11.5. The van der Waals surface area contributed by atoms with Gasteiger partial charge in [-0.2, -0.15) is 0 Å². The Bertz CT molecular complexity index is 781. The van der Waals surface area contributed by atoms with E-state index in [4.69, 9.17) is 24.1 Å². The van der Waals surface area contributed by atoms with Gasteiger partial charge in [0.15, 0.2) is 0 Å². The third kappa shape index (κ3) is 7.34. The molecule has 2 aromatic rings. The van der Waals surface area contributed by atoms with Gasteiger partial charge in [0.2, 0.25) is 0 Å². The van der Waals surface area contributed by atoms with Gasteiger partial charge in [-0.05, 0) is 55.8 Å². The van der Waals surface area contributed by atoms with Crippen molar-refractivity contribution in [3.05, 3.63) is 53.6 Å². The Labute approximate surface area is 169 Å². The summed E-state index contributed by atoms with van der Waals surface area (Å²) in [4.78, 5) is 23.7. The van der Waals surface area contributed by atoms with Crippen LogP contribution in [0.5, 0.6) is 11.5 Å². The Kier molecular flexibility index (Phi) is 8.78. The molecule has 0 bridgehead atoms. The normalized spacial score (nSPS) is 10.2. The molecular weight excluding hydrogens is 378 g/mol. The molecule has 0 radical (unpaired) electrons. The number of carbonyl (C=O) groups excluding carboxylic acids is 2. The summed E-state index contributed by atoms with van der Waals surface area (Å²) in [5, 5.41) is 11.3. The minimum absolute atomic E-state index is 0.0401. The average Bonchev–Trinajstić information content (AvgIpc) is 2.71. The van der Waals surface area contributed by atoms with Crippen LogP contribution in [0, 0.1) is 0 Å². The van der Waals surface area contributed by atoms with Gasteiger partial charge in [-0.25, -0.2) is 9.59 Å². The van der Waals surface area contributed by atoms with Crippen molar-refractivity contribution in [2.24, 2.45) is 0 Å². The minimum atomic E-state index is -0.639. The number of aliphatic hydroxyl groups excluding tert-OH is 1. The molecule has 0 saturated heterocycles. The third-order valence-electron chi connectivity index (χ3n) is 3.62. The predicted octanol–water partition coefficient (Wildman–Crippen LogP) is 3.38. The molecule has 2 rings (SSSR count). The molecule has 0 spiro atoms. The van der Waals surface area contributed by atoms with Crippen molar-refractivity contribution < 1.29 is 33.6 Å². The van der Waals surface area contributed by atoms with E-state index < -0.39 is 12.1 Å².